The van der Waals surface area contributed by atoms with Crippen LogP contribution in [0.3, 0.4) is 0 Å². The largest absolute Gasteiger partial charge is 0.464 e. The molecule has 0 spiro atoms. The average Bonchev–Trinajstić information content (AvgIpc) is 2.75. The van der Waals surface area contributed by atoms with Crippen LogP contribution in [0, 0.1) is 5.82 Å². The van der Waals surface area contributed by atoms with Gasteiger partial charge < -0.3 is 14.6 Å². The molecule has 2 aromatic carbocycles. The van der Waals surface area contributed by atoms with E-state index in [2.05, 4.69) is 5.32 Å². The van der Waals surface area contributed by atoms with Crippen LogP contribution in [0.2, 0.25) is 5.02 Å². The van der Waals surface area contributed by atoms with E-state index in [1.807, 2.05) is 0 Å². The molecule has 0 saturated carbocycles. The Balaban J connectivity index is 1.87. The van der Waals surface area contributed by atoms with Crippen molar-refractivity contribution >= 4 is 34.2 Å². The predicted molar refractivity (Wildman–Crippen MR) is 117 cm³/mol. The minimum atomic E-state index is -4.83. The van der Waals surface area contributed by atoms with E-state index >= 15 is 0 Å². The number of nitrogens with one attached hydrogen (secondary N) is 1. The third-order valence-electron chi connectivity index (χ3n) is 5.08. The number of esters is 1. The number of hydrogen-bond acceptors (Lipinski definition) is 4. The summed E-state index contributed by atoms with van der Waals surface area (Å²) in [7, 11) is 0. The second-order valence-corrected chi connectivity index (χ2v) is 7.97. The number of benzene rings is 2. The number of halogens is 5. The molecule has 0 aliphatic carbocycles. The lowest BCUT2D eigenvalue weighted by Gasteiger charge is -2.17. The summed E-state index contributed by atoms with van der Waals surface area (Å²) in [4.78, 5) is 36.8. The van der Waals surface area contributed by atoms with Crippen molar-refractivity contribution in [1.82, 2.24) is 9.88 Å². The molecule has 0 aliphatic rings. The monoisotopic (exact) mass is 498 g/mol. The summed E-state index contributed by atoms with van der Waals surface area (Å²) >= 11 is 6.20. The Bertz CT molecular complexity index is 1320. The van der Waals surface area contributed by atoms with Crippen LogP contribution < -0.4 is 10.9 Å². The lowest BCUT2D eigenvalue weighted by Crippen LogP contribution is -2.27. The fourth-order valence-electron chi connectivity index (χ4n) is 3.38. The minimum Gasteiger partial charge on any atom is -0.464 e. The van der Waals surface area contributed by atoms with E-state index in [1.54, 1.807) is 6.92 Å². The number of pyridine rings is 1. The van der Waals surface area contributed by atoms with E-state index < -0.39 is 41.0 Å². The number of ether oxygens (including phenoxy) is 1. The molecule has 180 valence electrons. The SMILES string of the molecule is CC(=O)OC[C@@H](C)n1ccc2c(C(=O)NCc3ccc(C(F)(F)F)c(F)c3)c(Cl)ccc2c1=O. The topological polar surface area (TPSA) is 77.4 Å². The Morgan fingerprint density at radius 2 is 1.85 bits per heavy atom. The molecule has 1 N–H and O–H groups in total. The number of amides is 1. The van der Waals surface area contributed by atoms with Crippen LogP contribution in [0.15, 0.2) is 47.4 Å². The Morgan fingerprint density at radius 1 is 1.15 bits per heavy atom. The highest BCUT2D eigenvalue weighted by molar-refractivity contribution is 6.35. The summed E-state index contributed by atoms with van der Waals surface area (Å²) in [6, 6.07) is 6.22. The van der Waals surface area contributed by atoms with E-state index in [9.17, 15) is 31.9 Å². The molecule has 6 nitrogen and oxygen atoms in total. The predicted octanol–water partition coefficient (Wildman–Crippen LogP) is 4.87. The number of carbonyl (C=O) groups excluding carboxylic acids is 2. The maximum absolute atomic E-state index is 13.8. The molecule has 11 heteroatoms. The van der Waals surface area contributed by atoms with Gasteiger partial charge in [0, 0.05) is 30.4 Å². The molecule has 1 aromatic heterocycles. The number of carbonyl (C=O) groups is 2. The van der Waals surface area contributed by atoms with Crippen molar-refractivity contribution in [2.45, 2.75) is 32.6 Å². The lowest BCUT2D eigenvalue weighted by molar-refractivity contribution is -0.142. The van der Waals surface area contributed by atoms with Crippen LogP contribution in [0.25, 0.3) is 10.8 Å². The van der Waals surface area contributed by atoms with E-state index in [-0.39, 0.29) is 40.1 Å². The molecular weight excluding hydrogens is 480 g/mol. The highest BCUT2D eigenvalue weighted by Crippen LogP contribution is 2.31. The maximum Gasteiger partial charge on any atom is 0.419 e. The van der Waals surface area contributed by atoms with Crippen molar-refractivity contribution < 1.29 is 31.9 Å². The second kappa shape index (κ2) is 9.84. The van der Waals surface area contributed by atoms with Crippen LogP contribution in [0.5, 0.6) is 0 Å². The van der Waals surface area contributed by atoms with Gasteiger partial charge in [-0.2, -0.15) is 13.2 Å². The lowest BCUT2D eigenvalue weighted by atomic mass is 10.0. The minimum absolute atomic E-state index is 0.0107. The van der Waals surface area contributed by atoms with E-state index in [1.165, 1.54) is 35.9 Å². The Kier molecular flexibility index (Phi) is 7.30. The quantitative estimate of drug-likeness (QED) is 0.389. The zero-order valence-corrected chi connectivity index (χ0v) is 18.8. The van der Waals surface area contributed by atoms with Crippen LogP contribution in [0.4, 0.5) is 17.6 Å². The van der Waals surface area contributed by atoms with E-state index in [0.29, 0.717) is 12.1 Å². The van der Waals surface area contributed by atoms with Gasteiger partial charge >= 0.3 is 12.1 Å². The van der Waals surface area contributed by atoms with Crippen LogP contribution in [0.1, 0.15) is 41.4 Å². The normalized spacial score (nSPS) is 12.4. The summed E-state index contributed by atoms with van der Waals surface area (Å²) < 4.78 is 58.3. The number of nitrogens with zero attached hydrogens (tertiary/aromatic N) is 1. The molecule has 34 heavy (non-hydrogen) atoms. The van der Waals surface area contributed by atoms with Crippen LogP contribution >= 0.6 is 11.6 Å². The standard InChI is InChI=1S/C23H19ClF4N2O4/c1-12(11-34-13(2)31)30-8-7-15-16(22(30)33)4-6-18(24)20(15)21(32)29-10-14-3-5-17(19(25)9-14)23(26,27)28/h3-9,12H,10-11H2,1-2H3,(H,29,32)/t12-/m1/s1. The van der Waals surface area contributed by atoms with Gasteiger partial charge in [-0.15, -0.1) is 0 Å². The molecule has 0 radical (unpaired) electrons. The fourth-order valence-corrected chi connectivity index (χ4v) is 3.63. The van der Waals surface area contributed by atoms with Gasteiger partial charge in [-0.3, -0.25) is 14.4 Å². The van der Waals surface area contributed by atoms with Crippen molar-refractivity contribution in [1.29, 1.82) is 0 Å². The highest BCUT2D eigenvalue weighted by atomic mass is 35.5. The first-order valence-electron chi connectivity index (χ1n) is 10.0. The first-order valence-corrected chi connectivity index (χ1v) is 10.4. The molecule has 0 fully saturated rings. The van der Waals surface area contributed by atoms with E-state index in [4.69, 9.17) is 16.3 Å². The molecular formula is C23H19ClF4N2O4. The Hall–Kier alpha value is -3.40. The second-order valence-electron chi connectivity index (χ2n) is 7.56. The van der Waals surface area contributed by atoms with Crippen LogP contribution in [-0.4, -0.2) is 23.1 Å². The summed E-state index contributed by atoms with van der Waals surface area (Å²) in [6.07, 6.45) is -3.39. The summed E-state index contributed by atoms with van der Waals surface area (Å²) in [6.45, 7) is 2.65. The van der Waals surface area contributed by atoms with Gasteiger partial charge in [0.15, 0.2) is 0 Å². The van der Waals surface area contributed by atoms with Gasteiger partial charge in [0.05, 0.1) is 22.2 Å². The molecule has 0 saturated heterocycles. The fraction of sp³-hybridized carbons (Fsp3) is 0.261. The van der Waals surface area contributed by atoms with Crippen molar-refractivity contribution in [3.05, 3.63) is 80.5 Å². The number of rotatable bonds is 6. The van der Waals surface area contributed by atoms with Crippen molar-refractivity contribution in [2.24, 2.45) is 0 Å². The average molecular weight is 499 g/mol. The highest BCUT2D eigenvalue weighted by Gasteiger charge is 2.33. The van der Waals surface area contributed by atoms with Crippen LogP contribution in [-0.2, 0) is 22.3 Å². The Labute approximate surface area is 196 Å². The molecule has 0 aliphatic heterocycles. The summed E-state index contributed by atoms with van der Waals surface area (Å²) in [5.74, 6) is -2.63. The number of aromatic nitrogens is 1. The molecule has 3 aromatic rings. The number of fused-ring (bicyclic) bond motifs is 1. The third-order valence-corrected chi connectivity index (χ3v) is 5.40. The molecule has 1 amide bonds. The molecule has 1 heterocycles. The first-order chi connectivity index (χ1) is 15.9. The smallest absolute Gasteiger partial charge is 0.419 e. The molecule has 0 unspecified atom stereocenters. The number of alkyl halides is 3. The van der Waals surface area contributed by atoms with Gasteiger partial charge in [-0.05, 0) is 42.8 Å². The third kappa shape index (κ3) is 5.39. The van der Waals surface area contributed by atoms with Gasteiger partial charge in [0.25, 0.3) is 11.5 Å². The van der Waals surface area contributed by atoms with Crippen molar-refractivity contribution in [3.8, 4) is 0 Å². The molecule has 0 bridgehead atoms. The summed E-state index contributed by atoms with van der Waals surface area (Å²) in [5, 5.41) is 2.98. The van der Waals surface area contributed by atoms with Gasteiger partial charge in [0.1, 0.15) is 12.4 Å². The van der Waals surface area contributed by atoms with Gasteiger partial charge in [-0.25, -0.2) is 4.39 Å². The first kappa shape index (κ1) is 25.2. The molecule has 1 atom stereocenters. The summed E-state index contributed by atoms with van der Waals surface area (Å²) in [5.41, 5.74) is -1.74. The van der Waals surface area contributed by atoms with Gasteiger partial charge in [-0.1, -0.05) is 17.7 Å². The van der Waals surface area contributed by atoms with Crippen molar-refractivity contribution in [3.63, 3.8) is 0 Å². The zero-order chi connectivity index (χ0) is 25.2. The Morgan fingerprint density at radius 3 is 2.47 bits per heavy atom. The maximum atomic E-state index is 13.8. The molecule has 3 rings (SSSR count). The van der Waals surface area contributed by atoms with Gasteiger partial charge in [0.2, 0.25) is 0 Å². The number of hydrogen-bond donors (Lipinski definition) is 1. The van der Waals surface area contributed by atoms with E-state index in [0.717, 1.165) is 6.07 Å². The zero-order valence-electron chi connectivity index (χ0n) is 18.0. The van der Waals surface area contributed by atoms with Crippen molar-refractivity contribution in [2.75, 3.05) is 6.61 Å².